The Kier molecular flexibility index (Phi) is 6.68. The largest absolute Gasteiger partial charge is 0.490 e. The van der Waals surface area contributed by atoms with Gasteiger partial charge in [0.05, 0.1) is 17.2 Å². The zero-order valence-corrected chi connectivity index (χ0v) is 12.7. The van der Waals surface area contributed by atoms with Crippen molar-refractivity contribution in [2.45, 2.75) is 26.4 Å². The van der Waals surface area contributed by atoms with Gasteiger partial charge >= 0.3 is 0 Å². The highest BCUT2D eigenvalue weighted by Crippen LogP contribution is 2.30. The van der Waals surface area contributed by atoms with E-state index in [0.29, 0.717) is 19.1 Å². The molecule has 4 heteroatoms. The van der Waals surface area contributed by atoms with E-state index in [9.17, 15) is 5.11 Å². The summed E-state index contributed by atoms with van der Waals surface area (Å²) in [6.45, 7) is 5.27. The van der Waals surface area contributed by atoms with Crippen LogP contribution in [0.4, 0.5) is 0 Å². The molecule has 0 amide bonds. The Hall–Kier alpha value is -0.580. The topological polar surface area (TPSA) is 38.7 Å². The molecule has 0 aliphatic rings. The predicted molar refractivity (Wildman–Crippen MR) is 75.9 cm³/mol. The molecule has 0 heterocycles. The van der Waals surface area contributed by atoms with Gasteiger partial charge in [0.2, 0.25) is 0 Å². The van der Waals surface area contributed by atoms with E-state index in [4.69, 9.17) is 9.47 Å². The van der Waals surface area contributed by atoms with Gasteiger partial charge in [-0.1, -0.05) is 19.9 Å². The van der Waals surface area contributed by atoms with Gasteiger partial charge in [0.15, 0.2) is 0 Å². The first-order chi connectivity index (χ1) is 8.54. The third-order valence-electron chi connectivity index (χ3n) is 2.58. The van der Waals surface area contributed by atoms with Crippen molar-refractivity contribution < 1.29 is 14.6 Å². The average molecular weight is 317 g/mol. The summed E-state index contributed by atoms with van der Waals surface area (Å²) in [6.07, 6.45) is 0.338. The maximum atomic E-state index is 10.0. The summed E-state index contributed by atoms with van der Waals surface area (Å²) in [5.41, 5.74) is 0.912. The zero-order valence-electron chi connectivity index (χ0n) is 11.1. The number of methoxy groups -OCH3 is 1. The molecule has 0 saturated heterocycles. The predicted octanol–water partition coefficient (Wildman–Crippen LogP) is 3.55. The molecule has 1 aromatic carbocycles. The molecule has 18 heavy (non-hydrogen) atoms. The van der Waals surface area contributed by atoms with Crippen molar-refractivity contribution in [1.82, 2.24) is 0 Å². The molecule has 3 nitrogen and oxygen atoms in total. The van der Waals surface area contributed by atoms with Gasteiger partial charge in [-0.05, 0) is 46.0 Å². The van der Waals surface area contributed by atoms with Crippen LogP contribution in [0.25, 0.3) is 0 Å². The number of aliphatic hydroxyl groups is 1. The fourth-order valence-electron chi connectivity index (χ4n) is 1.66. The fourth-order valence-corrected chi connectivity index (χ4v) is 2.17. The number of rotatable bonds is 7. The Balaban J connectivity index is 2.66. The van der Waals surface area contributed by atoms with E-state index in [1.54, 1.807) is 7.11 Å². The van der Waals surface area contributed by atoms with Crippen LogP contribution in [0.1, 0.15) is 31.9 Å². The molecule has 1 atom stereocenters. The molecule has 0 spiro atoms. The van der Waals surface area contributed by atoms with Gasteiger partial charge < -0.3 is 14.6 Å². The molecule has 0 aromatic heterocycles. The lowest BCUT2D eigenvalue weighted by Gasteiger charge is -2.15. The van der Waals surface area contributed by atoms with Crippen molar-refractivity contribution in [3.8, 4) is 5.75 Å². The highest BCUT2D eigenvalue weighted by Gasteiger charge is 2.12. The zero-order chi connectivity index (χ0) is 13.5. The standard InChI is InChI=1S/C14H21BrO3/c1-10(2)8-13(16)11-4-5-14(12(15)9-11)18-7-6-17-3/h4-5,9-10,13,16H,6-8H2,1-3H3. The van der Waals surface area contributed by atoms with Crippen molar-refractivity contribution in [3.05, 3.63) is 28.2 Å². The molecule has 102 valence electrons. The van der Waals surface area contributed by atoms with E-state index in [1.807, 2.05) is 18.2 Å². The minimum atomic E-state index is -0.422. The summed E-state index contributed by atoms with van der Waals surface area (Å²) in [6, 6.07) is 5.69. The van der Waals surface area contributed by atoms with Crippen LogP contribution < -0.4 is 4.74 Å². The maximum Gasteiger partial charge on any atom is 0.133 e. The highest BCUT2D eigenvalue weighted by molar-refractivity contribution is 9.10. The maximum absolute atomic E-state index is 10.0. The number of aliphatic hydroxyl groups excluding tert-OH is 1. The van der Waals surface area contributed by atoms with Crippen LogP contribution in [0.3, 0.4) is 0 Å². The molecule has 0 radical (unpaired) electrons. The fraction of sp³-hybridized carbons (Fsp3) is 0.571. The third kappa shape index (κ3) is 4.96. The number of benzene rings is 1. The van der Waals surface area contributed by atoms with Gasteiger partial charge in [0.1, 0.15) is 12.4 Å². The summed E-state index contributed by atoms with van der Waals surface area (Å²) in [5, 5.41) is 10.0. The molecule has 0 aliphatic carbocycles. The number of halogens is 1. The Labute approximate surface area is 117 Å². The van der Waals surface area contributed by atoms with Crippen LogP contribution in [0.2, 0.25) is 0 Å². The molecular formula is C14H21BrO3. The quantitative estimate of drug-likeness (QED) is 0.782. The second-order valence-corrected chi connectivity index (χ2v) is 5.53. The van der Waals surface area contributed by atoms with E-state index in [2.05, 4.69) is 29.8 Å². The SMILES string of the molecule is COCCOc1ccc(C(O)CC(C)C)cc1Br. The molecule has 0 fully saturated rings. The van der Waals surface area contributed by atoms with Crippen molar-refractivity contribution in [2.75, 3.05) is 20.3 Å². The molecule has 1 aromatic rings. The molecular weight excluding hydrogens is 296 g/mol. The molecule has 0 bridgehead atoms. The average Bonchev–Trinajstić information content (AvgIpc) is 2.30. The molecule has 0 aliphatic heterocycles. The lowest BCUT2D eigenvalue weighted by atomic mass is 10.00. The smallest absolute Gasteiger partial charge is 0.133 e. The second-order valence-electron chi connectivity index (χ2n) is 4.68. The summed E-state index contributed by atoms with van der Waals surface area (Å²) in [4.78, 5) is 0. The van der Waals surface area contributed by atoms with Crippen LogP contribution in [-0.4, -0.2) is 25.4 Å². The van der Waals surface area contributed by atoms with Crippen molar-refractivity contribution in [3.63, 3.8) is 0 Å². The Morgan fingerprint density at radius 3 is 2.56 bits per heavy atom. The molecule has 1 N–H and O–H groups in total. The van der Waals surface area contributed by atoms with Crippen LogP contribution in [0, 0.1) is 5.92 Å². The van der Waals surface area contributed by atoms with E-state index in [0.717, 1.165) is 22.2 Å². The Morgan fingerprint density at radius 2 is 2.00 bits per heavy atom. The summed E-state index contributed by atoms with van der Waals surface area (Å²) in [5.74, 6) is 1.24. The number of hydrogen-bond donors (Lipinski definition) is 1. The minimum absolute atomic E-state index is 0.422. The summed E-state index contributed by atoms with van der Waals surface area (Å²) in [7, 11) is 1.64. The lowest BCUT2D eigenvalue weighted by molar-refractivity contribution is 0.145. The summed E-state index contributed by atoms with van der Waals surface area (Å²) < 4.78 is 11.3. The minimum Gasteiger partial charge on any atom is -0.490 e. The highest BCUT2D eigenvalue weighted by atomic mass is 79.9. The van der Waals surface area contributed by atoms with Crippen molar-refractivity contribution >= 4 is 15.9 Å². The van der Waals surface area contributed by atoms with E-state index in [1.165, 1.54) is 0 Å². The van der Waals surface area contributed by atoms with Gasteiger partial charge in [0, 0.05) is 7.11 Å². The third-order valence-corrected chi connectivity index (χ3v) is 3.20. The molecule has 1 unspecified atom stereocenters. The lowest BCUT2D eigenvalue weighted by Crippen LogP contribution is -2.06. The molecule has 0 saturated carbocycles. The van der Waals surface area contributed by atoms with Gasteiger partial charge in [-0.25, -0.2) is 0 Å². The monoisotopic (exact) mass is 316 g/mol. The first-order valence-electron chi connectivity index (χ1n) is 6.13. The Bertz CT molecular complexity index is 366. The van der Waals surface area contributed by atoms with Crippen LogP contribution in [0.5, 0.6) is 5.75 Å². The summed E-state index contributed by atoms with van der Waals surface area (Å²) >= 11 is 3.46. The van der Waals surface area contributed by atoms with Gasteiger partial charge in [-0.3, -0.25) is 0 Å². The normalized spacial score (nSPS) is 12.8. The van der Waals surface area contributed by atoms with Gasteiger partial charge in [-0.15, -0.1) is 0 Å². The van der Waals surface area contributed by atoms with Crippen molar-refractivity contribution in [1.29, 1.82) is 0 Å². The van der Waals surface area contributed by atoms with Crippen molar-refractivity contribution in [2.24, 2.45) is 5.92 Å². The van der Waals surface area contributed by atoms with E-state index >= 15 is 0 Å². The van der Waals surface area contributed by atoms with E-state index < -0.39 is 6.10 Å². The second kappa shape index (κ2) is 7.77. The number of hydrogen-bond acceptors (Lipinski definition) is 3. The van der Waals surface area contributed by atoms with E-state index in [-0.39, 0.29) is 0 Å². The van der Waals surface area contributed by atoms with Gasteiger partial charge in [0.25, 0.3) is 0 Å². The van der Waals surface area contributed by atoms with Crippen LogP contribution >= 0.6 is 15.9 Å². The van der Waals surface area contributed by atoms with Gasteiger partial charge in [-0.2, -0.15) is 0 Å². The first-order valence-corrected chi connectivity index (χ1v) is 6.93. The first kappa shape index (κ1) is 15.5. The Morgan fingerprint density at radius 1 is 1.28 bits per heavy atom. The molecule has 1 rings (SSSR count). The van der Waals surface area contributed by atoms with Crippen LogP contribution in [0.15, 0.2) is 22.7 Å². The number of ether oxygens (including phenoxy) is 2. The van der Waals surface area contributed by atoms with Crippen LogP contribution in [-0.2, 0) is 4.74 Å².